The molecule has 0 bridgehead atoms. The molecule has 0 aliphatic heterocycles. The topological polar surface area (TPSA) is 65.8 Å². The molecular formula is C24H21Cl2N3OS. The Hall–Kier alpha value is -2.65. The van der Waals surface area contributed by atoms with Crippen LogP contribution < -0.4 is 5.32 Å². The molecule has 0 radical (unpaired) electrons. The Labute approximate surface area is 196 Å². The quantitative estimate of drug-likeness (QED) is 0.326. The predicted molar refractivity (Wildman–Crippen MR) is 129 cm³/mol. The number of hydrogen-bond acceptors (Lipinski definition) is 4. The molecule has 2 aromatic carbocycles. The molecule has 0 unspecified atom stereocenters. The monoisotopic (exact) mass is 469 g/mol. The Morgan fingerprint density at radius 1 is 1.19 bits per heavy atom. The van der Waals surface area contributed by atoms with E-state index in [1.807, 2.05) is 36.4 Å². The van der Waals surface area contributed by atoms with Crippen molar-refractivity contribution in [3.8, 4) is 6.07 Å². The Bertz CT molecular complexity index is 1170. The van der Waals surface area contributed by atoms with Gasteiger partial charge in [-0.05, 0) is 40.3 Å². The first-order valence-corrected chi connectivity index (χ1v) is 11.2. The van der Waals surface area contributed by atoms with Gasteiger partial charge >= 0.3 is 0 Å². The highest BCUT2D eigenvalue weighted by Gasteiger charge is 2.15. The molecule has 0 saturated heterocycles. The summed E-state index contributed by atoms with van der Waals surface area (Å²) in [5.74, 6) is -0.493. The highest BCUT2D eigenvalue weighted by molar-refractivity contribution is 7.15. The number of hydrogen-bond donors (Lipinski definition) is 1. The SMILES string of the molecule is CC(C)(C)c1ccc(/C=C(\C#N)C(=O)Nc2ncc(Cc3ccc(Cl)cc3Cl)s2)cc1. The van der Waals surface area contributed by atoms with Gasteiger partial charge in [0.1, 0.15) is 11.6 Å². The summed E-state index contributed by atoms with van der Waals surface area (Å²) < 4.78 is 0. The van der Waals surface area contributed by atoms with Gasteiger partial charge in [-0.25, -0.2) is 4.98 Å². The van der Waals surface area contributed by atoms with Gasteiger partial charge < -0.3 is 0 Å². The second-order valence-corrected chi connectivity index (χ2v) is 10.00. The van der Waals surface area contributed by atoms with Crippen molar-refractivity contribution in [2.75, 3.05) is 5.32 Å². The molecular weight excluding hydrogens is 449 g/mol. The fourth-order valence-corrected chi connectivity index (χ4v) is 4.16. The Morgan fingerprint density at radius 2 is 1.90 bits per heavy atom. The number of nitrogens with one attached hydrogen (secondary N) is 1. The van der Waals surface area contributed by atoms with E-state index in [-0.39, 0.29) is 11.0 Å². The van der Waals surface area contributed by atoms with Crippen molar-refractivity contribution in [2.24, 2.45) is 0 Å². The lowest BCUT2D eigenvalue weighted by molar-refractivity contribution is -0.112. The third kappa shape index (κ3) is 6.18. The van der Waals surface area contributed by atoms with E-state index in [0.717, 1.165) is 16.0 Å². The molecule has 1 aromatic heterocycles. The largest absolute Gasteiger partial charge is 0.297 e. The fourth-order valence-electron chi connectivity index (χ4n) is 2.86. The van der Waals surface area contributed by atoms with Crippen molar-refractivity contribution < 1.29 is 4.79 Å². The first kappa shape index (κ1) is 23.0. The van der Waals surface area contributed by atoms with Crippen molar-refractivity contribution in [2.45, 2.75) is 32.6 Å². The molecule has 7 heteroatoms. The number of nitrogens with zero attached hydrogens (tertiary/aromatic N) is 2. The Morgan fingerprint density at radius 3 is 2.52 bits per heavy atom. The normalized spacial score (nSPS) is 11.8. The smallest absolute Gasteiger partial charge is 0.268 e. The second kappa shape index (κ2) is 9.65. The predicted octanol–water partition coefficient (Wildman–Crippen LogP) is 6.88. The van der Waals surface area contributed by atoms with Crippen LogP contribution in [-0.2, 0) is 16.6 Å². The zero-order chi connectivity index (χ0) is 22.6. The molecule has 0 atom stereocenters. The second-order valence-electron chi connectivity index (χ2n) is 8.04. The van der Waals surface area contributed by atoms with E-state index in [9.17, 15) is 10.1 Å². The van der Waals surface area contributed by atoms with Gasteiger partial charge in [0, 0.05) is 27.5 Å². The standard InChI is InChI=1S/C24H21Cl2N3OS/c1-24(2,3)18-7-4-15(5-8-18)10-17(13-27)22(30)29-23-28-14-20(31-23)11-16-6-9-19(25)12-21(16)26/h4-10,12,14H,11H2,1-3H3,(H,28,29,30)/b17-10+. The average molecular weight is 470 g/mol. The van der Waals surface area contributed by atoms with E-state index in [1.165, 1.54) is 16.9 Å². The third-order valence-electron chi connectivity index (χ3n) is 4.61. The zero-order valence-electron chi connectivity index (χ0n) is 17.4. The minimum absolute atomic E-state index is 0.0148. The highest BCUT2D eigenvalue weighted by Crippen LogP contribution is 2.27. The molecule has 158 valence electrons. The number of carbonyl (C=O) groups excluding carboxylic acids is 1. The number of rotatable bonds is 5. The van der Waals surface area contributed by atoms with Crippen molar-refractivity contribution in [1.82, 2.24) is 4.98 Å². The van der Waals surface area contributed by atoms with E-state index in [0.29, 0.717) is 21.6 Å². The van der Waals surface area contributed by atoms with Crippen molar-refractivity contribution in [3.05, 3.63) is 85.8 Å². The minimum Gasteiger partial charge on any atom is -0.297 e. The van der Waals surface area contributed by atoms with Gasteiger partial charge in [0.25, 0.3) is 5.91 Å². The van der Waals surface area contributed by atoms with Gasteiger partial charge in [0.05, 0.1) is 0 Å². The third-order valence-corrected chi connectivity index (χ3v) is 6.11. The molecule has 3 rings (SSSR count). The summed E-state index contributed by atoms with van der Waals surface area (Å²) in [6.07, 6.45) is 3.83. The summed E-state index contributed by atoms with van der Waals surface area (Å²) in [6.45, 7) is 6.40. The van der Waals surface area contributed by atoms with Crippen molar-refractivity contribution in [3.63, 3.8) is 0 Å². The van der Waals surface area contributed by atoms with Crippen LogP contribution in [0.25, 0.3) is 6.08 Å². The molecule has 1 N–H and O–H groups in total. The lowest BCUT2D eigenvalue weighted by Crippen LogP contribution is -2.13. The highest BCUT2D eigenvalue weighted by atomic mass is 35.5. The Kier molecular flexibility index (Phi) is 7.17. The number of carbonyl (C=O) groups is 1. The van der Waals surface area contributed by atoms with Crippen molar-refractivity contribution in [1.29, 1.82) is 5.26 Å². The number of nitriles is 1. The summed E-state index contributed by atoms with van der Waals surface area (Å²) in [4.78, 5) is 17.7. The van der Waals surface area contributed by atoms with Crippen LogP contribution >= 0.6 is 34.5 Å². The lowest BCUT2D eigenvalue weighted by atomic mass is 9.86. The van der Waals surface area contributed by atoms with Crippen LogP contribution in [0.1, 0.15) is 42.3 Å². The molecule has 0 aliphatic carbocycles. The van der Waals surface area contributed by atoms with Crippen LogP contribution in [-0.4, -0.2) is 10.9 Å². The van der Waals surface area contributed by atoms with E-state index < -0.39 is 5.91 Å². The van der Waals surface area contributed by atoms with Crippen LogP contribution in [0.2, 0.25) is 10.0 Å². The number of halogens is 2. The number of aromatic nitrogens is 1. The first-order valence-electron chi connectivity index (χ1n) is 9.58. The number of thiazole rings is 1. The van der Waals surface area contributed by atoms with Gasteiger partial charge in [0.2, 0.25) is 0 Å². The summed E-state index contributed by atoms with van der Waals surface area (Å²) in [5.41, 5.74) is 2.95. The van der Waals surface area contributed by atoms with Gasteiger partial charge in [0.15, 0.2) is 5.13 Å². The van der Waals surface area contributed by atoms with E-state index in [4.69, 9.17) is 23.2 Å². The maximum absolute atomic E-state index is 12.6. The van der Waals surface area contributed by atoms with Crippen LogP contribution in [0, 0.1) is 11.3 Å². The van der Waals surface area contributed by atoms with Gasteiger partial charge in [-0.3, -0.25) is 10.1 Å². The fraction of sp³-hybridized carbons (Fsp3) is 0.208. The summed E-state index contributed by atoms with van der Waals surface area (Å²) in [7, 11) is 0. The number of benzene rings is 2. The van der Waals surface area contributed by atoms with Crippen LogP contribution in [0.5, 0.6) is 0 Å². The molecule has 0 aliphatic rings. The molecule has 31 heavy (non-hydrogen) atoms. The number of anilines is 1. The Balaban J connectivity index is 1.70. The average Bonchev–Trinajstić information content (AvgIpc) is 3.14. The van der Waals surface area contributed by atoms with Crippen molar-refractivity contribution >= 4 is 51.7 Å². The minimum atomic E-state index is -0.493. The maximum Gasteiger partial charge on any atom is 0.268 e. The molecule has 0 spiro atoms. The molecule has 4 nitrogen and oxygen atoms in total. The first-order chi connectivity index (χ1) is 14.7. The van der Waals surface area contributed by atoms with Gasteiger partial charge in [-0.1, -0.05) is 74.3 Å². The van der Waals surface area contributed by atoms with E-state index in [2.05, 4.69) is 31.1 Å². The van der Waals surface area contributed by atoms with Crippen LogP contribution in [0.15, 0.2) is 54.2 Å². The maximum atomic E-state index is 12.6. The van der Waals surface area contributed by atoms with Gasteiger partial charge in [-0.15, -0.1) is 11.3 Å². The van der Waals surface area contributed by atoms with E-state index in [1.54, 1.807) is 24.4 Å². The van der Waals surface area contributed by atoms with Crippen LogP contribution in [0.4, 0.5) is 5.13 Å². The zero-order valence-corrected chi connectivity index (χ0v) is 19.7. The molecule has 1 amide bonds. The van der Waals surface area contributed by atoms with Gasteiger partial charge in [-0.2, -0.15) is 5.26 Å². The molecule has 0 saturated carbocycles. The molecule has 1 heterocycles. The lowest BCUT2D eigenvalue weighted by Gasteiger charge is -2.18. The molecule has 3 aromatic rings. The summed E-state index contributed by atoms with van der Waals surface area (Å²) >= 11 is 13.5. The van der Waals surface area contributed by atoms with E-state index >= 15 is 0 Å². The number of amides is 1. The summed E-state index contributed by atoms with van der Waals surface area (Å²) in [5, 5.41) is 13.7. The summed E-state index contributed by atoms with van der Waals surface area (Å²) in [6, 6.07) is 15.1. The molecule has 0 fully saturated rings. The van der Waals surface area contributed by atoms with Crippen LogP contribution in [0.3, 0.4) is 0 Å².